The molecule has 1 atom stereocenters. The van der Waals surface area contributed by atoms with Crippen LogP contribution in [0.2, 0.25) is 0 Å². The molecule has 5 nitrogen and oxygen atoms in total. The minimum atomic E-state index is -0.732. The normalized spacial score (nSPS) is 16.7. The van der Waals surface area contributed by atoms with Gasteiger partial charge in [-0.25, -0.2) is 4.90 Å². The Morgan fingerprint density at radius 2 is 1.70 bits per heavy atom. The van der Waals surface area contributed by atoms with Crippen molar-refractivity contribution in [2.45, 2.75) is 39.2 Å². The summed E-state index contributed by atoms with van der Waals surface area (Å²) in [6.45, 7) is 3.90. The van der Waals surface area contributed by atoms with E-state index in [1.807, 2.05) is 42.5 Å². The Kier molecular flexibility index (Phi) is 5.69. The predicted octanol–water partition coefficient (Wildman–Crippen LogP) is 2.97. The molecule has 1 heterocycles. The molecular formula is C22H24N2O3. The fraction of sp³-hybridized carbons (Fsp3) is 0.318. The summed E-state index contributed by atoms with van der Waals surface area (Å²) in [4.78, 5) is 40.4. The van der Waals surface area contributed by atoms with E-state index in [1.54, 1.807) is 12.1 Å². The molecule has 5 heteroatoms. The van der Waals surface area contributed by atoms with E-state index in [0.29, 0.717) is 18.7 Å². The molecule has 0 spiro atoms. The van der Waals surface area contributed by atoms with Crippen LogP contribution in [-0.4, -0.2) is 35.2 Å². The predicted molar refractivity (Wildman–Crippen MR) is 104 cm³/mol. The van der Waals surface area contributed by atoms with Gasteiger partial charge < -0.3 is 4.90 Å². The third-order valence-electron chi connectivity index (χ3n) is 4.99. The summed E-state index contributed by atoms with van der Waals surface area (Å²) < 4.78 is 0. The number of carbonyl (C=O) groups excluding carboxylic acids is 3. The molecule has 0 N–H and O–H groups in total. The second-order valence-electron chi connectivity index (χ2n) is 6.76. The molecule has 3 amide bonds. The van der Waals surface area contributed by atoms with Gasteiger partial charge >= 0.3 is 0 Å². The first-order valence-electron chi connectivity index (χ1n) is 9.28. The molecule has 1 saturated heterocycles. The molecule has 1 aliphatic heterocycles. The van der Waals surface area contributed by atoms with E-state index < -0.39 is 6.04 Å². The monoisotopic (exact) mass is 364 g/mol. The fourth-order valence-electron chi connectivity index (χ4n) is 3.44. The Morgan fingerprint density at radius 1 is 1.04 bits per heavy atom. The van der Waals surface area contributed by atoms with E-state index in [2.05, 4.69) is 6.92 Å². The third kappa shape index (κ3) is 4.08. The number of carbonyl (C=O) groups is 3. The molecule has 2 aromatic carbocycles. The first-order chi connectivity index (χ1) is 13.0. The summed E-state index contributed by atoms with van der Waals surface area (Å²) in [5.74, 6) is -0.784. The standard InChI is InChI=1S/C22H24N2O3/c1-3-17-9-11-19(12-10-17)24-21(26)15-20(22(24)27)23(16(2)25)14-13-18-7-5-4-6-8-18/h4-12,20H,3,13-15H2,1-2H3. The lowest BCUT2D eigenvalue weighted by Crippen LogP contribution is -2.45. The molecule has 0 radical (unpaired) electrons. The fourth-order valence-corrected chi connectivity index (χ4v) is 3.44. The number of rotatable bonds is 6. The number of nitrogens with zero attached hydrogens (tertiary/aromatic N) is 2. The van der Waals surface area contributed by atoms with Gasteiger partial charge in [-0.2, -0.15) is 0 Å². The van der Waals surface area contributed by atoms with Crippen molar-refractivity contribution in [2.24, 2.45) is 0 Å². The number of benzene rings is 2. The van der Waals surface area contributed by atoms with Crippen LogP contribution in [-0.2, 0) is 27.2 Å². The van der Waals surface area contributed by atoms with Gasteiger partial charge in [-0.05, 0) is 36.1 Å². The van der Waals surface area contributed by atoms with Crippen molar-refractivity contribution in [3.8, 4) is 0 Å². The van der Waals surface area contributed by atoms with E-state index >= 15 is 0 Å². The van der Waals surface area contributed by atoms with Crippen molar-refractivity contribution in [3.63, 3.8) is 0 Å². The highest BCUT2D eigenvalue weighted by Gasteiger charge is 2.43. The zero-order chi connectivity index (χ0) is 19.4. The molecule has 0 saturated carbocycles. The topological polar surface area (TPSA) is 57.7 Å². The van der Waals surface area contributed by atoms with Gasteiger partial charge in [-0.15, -0.1) is 0 Å². The largest absolute Gasteiger partial charge is 0.330 e. The van der Waals surface area contributed by atoms with E-state index in [0.717, 1.165) is 17.5 Å². The summed E-state index contributed by atoms with van der Waals surface area (Å²) >= 11 is 0. The van der Waals surface area contributed by atoms with Crippen molar-refractivity contribution in [1.29, 1.82) is 0 Å². The highest BCUT2D eigenvalue weighted by atomic mass is 16.2. The van der Waals surface area contributed by atoms with Gasteiger partial charge in [0, 0.05) is 13.5 Å². The van der Waals surface area contributed by atoms with Gasteiger partial charge in [0.25, 0.3) is 5.91 Å². The molecule has 1 unspecified atom stereocenters. The lowest BCUT2D eigenvalue weighted by molar-refractivity contribution is -0.136. The quantitative estimate of drug-likeness (QED) is 0.741. The second kappa shape index (κ2) is 8.16. The number of imide groups is 1. The minimum Gasteiger partial charge on any atom is -0.330 e. The van der Waals surface area contributed by atoms with Gasteiger partial charge in [-0.3, -0.25) is 14.4 Å². The van der Waals surface area contributed by atoms with Crippen molar-refractivity contribution in [2.75, 3.05) is 11.4 Å². The molecule has 140 valence electrons. The number of amides is 3. The van der Waals surface area contributed by atoms with Crippen LogP contribution in [0.25, 0.3) is 0 Å². The molecule has 27 heavy (non-hydrogen) atoms. The number of anilines is 1. The Hall–Kier alpha value is -2.95. The van der Waals surface area contributed by atoms with Crippen LogP contribution in [0.5, 0.6) is 0 Å². The number of hydrogen-bond donors (Lipinski definition) is 0. The van der Waals surface area contributed by atoms with Gasteiger partial charge in [0.15, 0.2) is 0 Å². The van der Waals surface area contributed by atoms with Crippen LogP contribution in [0.4, 0.5) is 5.69 Å². The van der Waals surface area contributed by atoms with Crippen LogP contribution in [0, 0.1) is 0 Å². The Bertz CT molecular complexity index is 830. The average molecular weight is 364 g/mol. The first-order valence-corrected chi connectivity index (χ1v) is 9.28. The lowest BCUT2D eigenvalue weighted by atomic mass is 10.1. The zero-order valence-electron chi connectivity index (χ0n) is 15.7. The van der Waals surface area contributed by atoms with Crippen molar-refractivity contribution in [3.05, 3.63) is 65.7 Å². The smallest absolute Gasteiger partial charge is 0.257 e. The Labute approximate surface area is 159 Å². The van der Waals surface area contributed by atoms with E-state index in [4.69, 9.17) is 0 Å². The van der Waals surface area contributed by atoms with Crippen molar-refractivity contribution in [1.82, 2.24) is 4.90 Å². The molecule has 0 aliphatic carbocycles. The minimum absolute atomic E-state index is 0.0305. The van der Waals surface area contributed by atoms with E-state index in [-0.39, 0.29) is 24.1 Å². The molecule has 0 bridgehead atoms. The number of hydrogen-bond acceptors (Lipinski definition) is 3. The van der Waals surface area contributed by atoms with Crippen LogP contribution in [0.15, 0.2) is 54.6 Å². The average Bonchev–Trinajstić information content (AvgIpc) is 2.97. The summed E-state index contributed by atoms with van der Waals surface area (Å²) in [6, 6.07) is 16.5. The summed E-state index contributed by atoms with van der Waals surface area (Å²) in [5.41, 5.74) is 2.80. The third-order valence-corrected chi connectivity index (χ3v) is 4.99. The molecule has 1 aliphatic rings. The van der Waals surface area contributed by atoms with Gasteiger partial charge in [0.05, 0.1) is 12.1 Å². The summed E-state index contributed by atoms with van der Waals surface area (Å²) in [6.07, 6.45) is 1.56. The van der Waals surface area contributed by atoms with Crippen LogP contribution < -0.4 is 4.90 Å². The SMILES string of the molecule is CCc1ccc(N2C(=O)CC(N(CCc3ccccc3)C(C)=O)C2=O)cc1. The molecular weight excluding hydrogens is 340 g/mol. The zero-order valence-corrected chi connectivity index (χ0v) is 15.7. The van der Waals surface area contributed by atoms with E-state index in [9.17, 15) is 14.4 Å². The molecule has 1 fully saturated rings. The maximum Gasteiger partial charge on any atom is 0.257 e. The summed E-state index contributed by atoms with van der Waals surface area (Å²) in [7, 11) is 0. The second-order valence-corrected chi connectivity index (χ2v) is 6.76. The molecule has 2 aromatic rings. The molecule has 0 aromatic heterocycles. The molecule has 3 rings (SSSR count). The van der Waals surface area contributed by atoms with Gasteiger partial charge in [0.1, 0.15) is 6.04 Å². The van der Waals surface area contributed by atoms with Crippen LogP contribution in [0.3, 0.4) is 0 Å². The highest BCUT2D eigenvalue weighted by Crippen LogP contribution is 2.26. The van der Waals surface area contributed by atoms with Crippen LogP contribution >= 0.6 is 0 Å². The number of aryl methyl sites for hydroxylation is 1. The maximum absolute atomic E-state index is 12.9. The highest BCUT2D eigenvalue weighted by molar-refractivity contribution is 6.22. The maximum atomic E-state index is 12.9. The van der Waals surface area contributed by atoms with Gasteiger partial charge in [0.2, 0.25) is 11.8 Å². The van der Waals surface area contributed by atoms with Crippen LogP contribution in [0.1, 0.15) is 31.4 Å². The van der Waals surface area contributed by atoms with Crippen molar-refractivity contribution < 1.29 is 14.4 Å². The Balaban J connectivity index is 1.76. The van der Waals surface area contributed by atoms with E-state index in [1.165, 1.54) is 16.7 Å². The first kappa shape index (κ1) is 18.8. The Morgan fingerprint density at radius 3 is 2.30 bits per heavy atom. The van der Waals surface area contributed by atoms with Gasteiger partial charge in [-0.1, -0.05) is 49.4 Å². The lowest BCUT2D eigenvalue weighted by Gasteiger charge is -2.26. The summed E-state index contributed by atoms with van der Waals surface area (Å²) in [5, 5.41) is 0. The van der Waals surface area contributed by atoms with Crippen molar-refractivity contribution >= 4 is 23.4 Å².